The molecule has 0 fully saturated rings. The van der Waals surface area contributed by atoms with Crippen LogP contribution in [0.1, 0.15) is 48.0 Å². The Bertz CT molecular complexity index is 140. The first-order chi connectivity index (χ1) is 5.55. The van der Waals surface area contributed by atoms with Gasteiger partial charge in [0.2, 0.25) is 0 Å². The third-order valence-electron chi connectivity index (χ3n) is 2.59. The third-order valence-corrected chi connectivity index (χ3v) is 2.59. The van der Waals surface area contributed by atoms with E-state index in [0.29, 0.717) is 6.42 Å². The fourth-order valence-corrected chi connectivity index (χ4v) is 0.948. The van der Waals surface area contributed by atoms with E-state index >= 15 is 0 Å². The lowest BCUT2D eigenvalue weighted by molar-refractivity contribution is 0.0388. The normalized spacial score (nSPS) is 17.1. The molecule has 0 saturated carbocycles. The number of halogens is 1. The highest BCUT2D eigenvalue weighted by Crippen LogP contribution is 2.27. The highest BCUT2D eigenvalue weighted by atomic mass is 35.5. The van der Waals surface area contributed by atoms with E-state index in [-0.39, 0.29) is 35.4 Å². The number of nitrogens with two attached hydrogens (primary N) is 1. The first-order valence-electron chi connectivity index (χ1n) is 4.99. The Balaban J connectivity index is 0. The van der Waals surface area contributed by atoms with Gasteiger partial charge in [0, 0.05) is 6.04 Å². The van der Waals surface area contributed by atoms with Crippen molar-refractivity contribution in [1.29, 1.82) is 0 Å². The third kappa shape index (κ3) is 5.84. The van der Waals surface area contributed by atoms with Gasteiger partial charge in [-0.15, -0.1) is 12.4 Å². The molecule has 2 atom stereocenters. The molecular weight excluding hydrogens is 198 g/mol. The van der Waals surface area contributed by atoms with Crippen molar-refractivity contribution in [2.24, 2.45) is 16.6 Å². The van der Waals surface area contributed by atoms with Crippen molar-refractivity contribution in [2.75, 3.05) is 0 Å². The Morgan fingerprint density at radius 3 is 1.57 bits per heavy atom. The topological polar surface area (TPSA) is 46.2 Å². The fourth-order valence-electron chi connectivity index (χ4n) is 0.948. The molecule has 0 aromatic rings. The summed E-state index contributed by atoms with van der Waals surface area (Å²) in [5.41, 5.74) is 6.00. The fraction of sp³-hybridized carbons (Fsp3) is 1.00. The van der Waals surface area contributed by atoms with Crippen LogP contribution >= 0.6 is 12.4 Å². The number of hydrogen-bond donors (Lipinski definition) is 2. The SMILES string of the molecule is CC(C)(C)[C@H](O)C[C@H](N)C(C)(C)C.Cl. The molecule has 88 valence electrons. The quantitative estimate of drug-likeness (QED) is 0.756. The van der Waals surface area contributed by atoms with Crippen LogP contribution in [0.5, 0.6) is 0 Å². The maximum absolute atomic E-state index is 9.84. The standard InChI is InChI=1S/C11H25NO.ClH/c1-10(2,3)8(12)7-9(13)11(4,5)6;/h8-9,13H,7,12H2,1-6H3;1H/t8-,9+;/m0./s1. The van der Waals surface area contributed by atoms with Crippen LogP contribution < -0.4 is 5.73 Å². The van der Waals surface area contributed by atoms with E-state index in [0.717, 1.165) is 0 Å². The van der Waals surface area contributed by atoms with Crippen LogP contribution in [0.15, 0.2) is 0 Å². The molecule has 0 aliphatic carbocycles. The monoisotopic (exact) mass is 223 g/mol. The van der Waals surface area contributed by atoms with Gasteiger partial charge in [0.15, 0.2) is 0 Å². The zero-order valence-electron chi connectivity index (χ0n) is 10.3. The van der Waals surface area contributed by atoms with Crippen LogP contribution in [0.3, 0.4) is 0 Å². The van der Waals surface area contributed by atoms with Gasteiger partial charge in [0.1, 0.15) is 0 Å². The second-order valence-corrected chi connectivity index (χ2v) is 6.09. The molecule has 3 N–H and O–H groups in total. The Hall–Kier alpha value is 0.210. The smallest absolute Gasteiger partial charge is 0.0603 e. The summed E-state index contributed by atoms with van der Waals surface area (Å²) in [4.78, 5) is 0. The molecule has 0 spiro atoms. The van der Waals surface area contributed by atoms with Crippen LogP contribution in [-0.2, 0) is 0 Å². The van der Waals surface area contributed by atoms with Crippen molar-refractivity contribution >= 4 is 12.4 Å². The van der Waals surface area contributed by atoms with E-state index in [1.807, 2.05) is 20.8 Å². The lowest BCUT2D eigenvalue weighted by Gasteiger charge is -2.33. The van der Waals surface area contributed by atoms with Crippen LogP contribution in [0.2, 0.25) is 0 Å². The molecule has 0 aromatic heterocycles. The summed E-state index contributed by atoms with van der Waals surface area (Å²) < 4.78 is 0. The predicted molar refractivity (Wildman–Crippen MR) is 64.8 cm³/mol. The van der Waals surface area contributed by atoms with E-state index in [2.05, 4.69) is 20.8 Å². The molecule has 0 amide bonds. The van der Waals surface area contributed by atoms with Crippen molar-refractivity contribution in [3.8, 4) is 0 Å². The second kappa shape index (κ2) is 5.34. The molecule has 0 rings (SSSR count). The highest BCUT2D eigenvalue weighted by Gasteiger charge is 2.29. The molecule has 2 nitrogen and oxygen atoms in total. The second-order valence-electron chi connectivity index (χ2n) is 6.09. The minimum absolute atomic E-state index is 0. The summed E-state index contributed by atoms with van der Waals surface area (Å²) in [6, 6.07) is 0.0572. The number of aliphatic hydroxyl groups is 1. The van der Waals surface area contributed by atoms with Crippen molar-refractivity contribution in [3.05, 3.63) is 0 Å². The molecule has 0 aliphatic rings. The van der Waals surface area contributed by atoms with E-state index in [9.17, 15) is 5.11 Å². The summed E-state index contributed by atoms with van der Waals surface area (Å²) in [7, 11) is 0. The zero-order valence-corrected chi connectivity index (χ0v) is 11.1. The molecule has 14 heavy (non-hydrogen) atoms. The van der Waals surface area contributed by atoms with Gasteiger partial charge >= 0.3 is 0 Å². The minimum Gasteiger partial charge on any atom is -0.393 e. The lowest BCUT2D eigenvalue weighted by Crippen LogP contribution is -2.41. The Morgan fingerprint density at radius 1 is 1.00 bits per heavy atom. The summed E-state index contributed by atoms with van der Waals surface area (Å²) in [5, 5.41) is 9.84. The summed E-state index contributed by atoms with van der Waals surface area (Å²) in [5.74, 6) is 0. The maximum atomic E-state index is 9.84. The van der Waals surface area contributed by atoms with E-state index in [1.54, 1.807) is 0 Å². The Morgan fingerprint density at radius 2 is 1.36 bits per heavy atom. The van der Waals surface area contributed by atoms with Crippen LogP contribution in [0.25, 0.3) is 0 Å². The molecule has 0 aliphatic heterocycles. The Labute approximate surface area is 94.7 Å². The van der Waals surface area contributed by atoms with Gasteiger partial charge in [0.05, 0.1) is 6.10 Å². The molecule has 0 saturated heterocycles. The van der Waals surface area contributed by atoms with E-state index in [4.69, 9.17) is 5.73 Å². The summed E-state index contributed by atoms with van der Waals surface area (Å²) >= 11 is 0. The van der Waals surface area contributed by atoms with Crippen LogP contribution in [-0.4, -0.2) is 17.3 Å². The predicted octanol–water partition coefficient (Wildman–Crippen LogP) is 2.58. The molecule has 3 heteroatoms. The van der Waals surface area contributed by atoms with Crippen molar-refractivity contribution in [1.82, 2.24) is 0 Å². The lowest BCUT2D eigenvalue weighted by atomic mass is 9.78. The summed E-state index contributed by atoms with van der Waals surface area (Å²) in [6.07, 6.45) is 0.356. The van der Waals surface area contributed by atoms with Crippen molar-refractivity contribution in [2.45, 2.75) is 60.1 Å². The molecular formula is C11H26ClNO. The van der Waals surface area contributed by atoms with Crippen molar-refractivity contribution < 1.29 is 5.11 Å². The molecule has 0 aromatic carbocycles. The average Bonchev–Trinajstić information content (AvgIpc) is 1.82. The van der Waals surface area contributed by atoms with Crippen LogP contribution in [0, 0.1) is 10.8 Å². The molecule has 0 heterocycles. The van der Waals surface area contributed by atoms with Crippen molar-refractivity contribution in [3.63, 3.8) is 0 Å². The zero-order chi connectivity index (χ0) is 10.9. The van der Waals surface area contributed by atoms with Gasteiger partial charge in [-0.1, -0.05) is 41.5 Å². The highest BCUT2D eigenvalue weighted by molar-refractivity contribution is 5.85. The minimum atomic E-state index is -0.318. The molecule has 0 unspecified atom stereocenters. The maximum Gasteiger partial charge on any atom is 0.0603 e. The summed E-state index contributed by atoms with van der Waals surface area (Å²) in [6.45, 7) is 12.4. The average molecular weight is 224 g/mol. The molecule has 0 bridgehead atoms. The van der Waals surface area contributed by atoms with Gasteiger partial charge in [-0.05, 0) is 17.3 Å². The molecule has 0 radical (unpaired) electrons. The van der Waals surface area contributed by atoms with Gasteiger partial charge < -0.3 is 10.8 Å². The first-order valence-corrected chi connectivity index (χ1v) is 4.99. The first kappa shape index (κ1) is 16.6. The van der Waals surface area contributed by atoms with E-state index < -0.39 is 0 Å². The van der Waals surface area contributed by atoms with E-state index in [1.165, 1.54) is 0 Å². The Kier molecular flexibility index (Phi) is 6.34. The number of rotatable bonds is 2. The largest absolute Gasteiger partial charge is 0.393 e. The van der Waals surface area contributed by atoms with Gasteiger partial charge in [-0.25, -0.2) is 0 Å². The van der Waals surface area contributed by atoms with Gasteiger partial charge in [0.25, 0.3) is 0 Å². The van der Waals surface area contributed by atoms with Gasteiger partial charge in [-0.2, -0.15) is 0 Å². The van der Waals surface area contributed by atoms with Gasteiger partial charge in [-0.3, -0.25) is 0 Å². The number of hydrogen-bond acceptors (Lipinski definition) is 2. The number of aliphatic hydroxyl groups excluding tert-OH is 1. The van der Waals surface area contributed by atoms with Crippen LogP contribution in [0.4, 0.5) is 0 Å².